The highest BCUT2D eigenvalue weighted by Crippen LogP contribution is 2.36. The number of amides is 1. The van der Waals surface area contributed by atoms with E-state index >= 15 is 0 Å². The van der Waals surface area contributed by atoms with E-state index in [1.165, 1.54) is 23.3 Å². The summed E-state index contributed by atoms with van der Waals surface area (Å²) in [5.74, 6) is -0.287. The predicted octanol–water partition coefficient (Wildman–Crippen LogP) is 3.27. The molecule has 0 saturated carbocycles. The molecule has 1 aromatic heterocycles. The number of ether oxygens (including phenoxy) is 2. The number of nitrogens with zero attached hydrogens (tertiary/aromatic N) is 2. The molecule has 1 amide bonds. The molecule has 0 spiro atoms. The standard InChI is InChI=1S/C16H23FN2O4S/c1-16(2,3)23-15(21)19-9-10(17)7-12(19)14-18-8-11(24-14)5-6-13(20)22-4/h8,10,12H,5-7,9H2,1-4H3/t10-,12-/m0/s1. The number of hydrogen-bond donors (Lipinski definition) is 0. The second-order valence-corrected chi connectivity index (χ2v) is 7.87. The molecule has 24 heavy (non-hydrogen) atoms. The van der Waals surface area contributed by atoms with Crippen molar-refractivity contribution in [1.82, 2.24) is 9.88 Å². The minimum atomic E-state index is -1.09. The molecular weight excluding hydrogens is 335 g/mol. The van der Waals surface area contributed by atoms with E-state index in [1.807, 2.05) is 0 Å². The molecule has 1 saturated heterocycles. The number of aryl methyl sites for hydroxylation is 1. The van der Waals surface area contributed by atoms with Crippen LogP contribution in [0.4, 0.5) is 9.18 Å². The third-order valence-corrected chi connectivity index (χ3v) is 4.70. The van der Waals surface area contributed by atoms with Gasteiger partial charge in [0.15, 0.2) is 0 Å². The largest absolute Gasteiger partial charge is 0.469 e. The zero-order chi connectivity index (χ0) is 17.9. The van der Waals surface area contributed by atoms with Crippen LogP contribution in [0.1, 0.15) is 49.5 Å². The fourth-order valence-corrected chi connectivity index (χ4v) is 3.50. The summed E-state index contributed by atoms with van der Waals surface area (Å²) in [6.45, 7) is 5.34. The number of alkyl halides is 1. The van der Waals surface area contributed by atoms with Crippen molar-refractivity contribution in [3.8, 4) is 0 Å². The highest BCUT2D eigenvalue weighted by atomic mass is 32.1. The Kier molecular flexibility index (Phi) is 5.79. The average Bonchev–Trinajstić information content (AvgIpc) is 3.09. The molecule has 1 aromatic rings. The van der Waals surface area contributed by atoms with Gasteiger partial charge in [-0.15, -0.1) is 11.3 Å². The van der Waals surface area contributed by atoms with Gasteiger partial charge in [-0.1, -0.05) is 0 Å². The first-order valence-electron chi connectivity index (χ1n) is 7.84. The molecule has 8 heteroatoms. The number of aromatic nitrogens is 1. The zero-order valence-corrected chi connectivity index (χ0v) is 15.2. The van der Waals surface area contributed by atoms with E-state index in [1.54, 1.807) is 27.0 Å². The van der Waals surface area contributed by atoms with Crippen LogP contribution in [-0.2, 0) is 20.7 Å². The molecule has 0 bridgehead atoms. The predicted molar refractivity (Wildman–Crippen MR) is 87.6 cm³/mol. The first-order valence-corrected chi connectivity index (χ1v) is 8.66. The topological polar surface area (TPSA) is 68.7 Å². The minimum Gasteiger partial charge on any atom is -0.469 e. The fourth-order valence-electron chi connectivity index (χ4n) is 2.46. The summed E-state index contributed by atoms with van der Waals surface area (Å²) in [4.78, 5) is 30.1. The summed E-state index contributed by atoms with van der Waals surface area (Å²) >= 11 is 1.39. The number of thiazole rings is 1. The Morgan fingerprint density at radius 1 is 1.46 bits per heavy atom. The number of carbonyl (C=O) groups is 2. The molecule has 134 valence electrons. The molecule has 0 N–H and O–H groups in total. The first-order chi connectivity index (χ1) is 11.2. The van der Waals surface area contributed by atoms with Gasteiger partial charge >= 0.3 is 12.1 Å². The van der Waals surface area contributed by atoms with E-state index in [9.17, 15) is 14.0 Å². The maximum atomic E-state index is 13.9. The van der Waals surface area contributed by atoms with Crippen molar-refractivity contribution in [2.75, 3.05) is 13.7 Å². The zero-order valence-electron chi connectivity index (χ0n) is 14.4. The van der Waals surface area contributed by atoms with Gasteiger partial charge in [0.1, 0.15) is 16.8 Å². The Hall–Kier alpha value is -1.70. The minimum absolute atomic E-state index is 0.0106. The van der Waals surface area contributed by atoms with Gasteiger partial charge < -0.3 is 9.47 Å². The van der Waals surface area contributed by atoms with Gasteiger partial charge in [-0.3, -0.25) is 9.69 Å². The van der Waals surface area contributed by atoms with Crippen molar-refractivity contribution in [2.24, 2.45) is 0 Å². The summed E-state index contributed by atoms with van der Waals surface area (Å²) in [5, 5.41) is 0.667. The third kappa shape index (κ3) is 4.90. The van der Waals surface area contributed by atoms with Gasteiger partial charge in [-0.25, -0.2) is 14.2 Å². The van der Waals surface area contributed by atoms with E-state index in [0.29, 0.717) is 11.4 Å². The molecule has 1 fully saturated rings. The van der Waals surface area contributed by atoms with Gasteiger partial charge in [-0.05, 0) is 27.2 Å². The van der Waals surface area contributed by atoms with Crippen LogP contribution in [0.25, 0.3) is 0 Å². The second kappa shape index (κ2) is 7.46. The molecule has 0 aliphatic carbocycles. The van der Waals surface area contributed by atoms with Gasteiger partial charge in [0.25, 0.3) is 0 Å². The van der Waals surface area contributed by atoms with Crippen LogP contribution in [-0.4, -0.2) is 47.4 Å². The molecule has 2 atom stereocenters. The molecule has 1 aliphatic heterocycles. The highest BCUT2D eigenvalue weighted by Gasteiger charge is 2.40. The van der Waals surface area contributed by atoms with Crippen molar-refractivity contribution >= 4 is 23.4 Å². The van der Waals surface area contributed by atoms with Crippen molar-refractivity contribution < 1.29 is 23.5 Å². The Morgan fingerprint density at radius 3 is 2.79 bits per heavy atom. The van der Waals surface area contributed by atoms with Crippen LogP contribution in [0.2, 0.25) is 0 Å². The number of halogens is 1. The molecule has 1 aliphatic rings. The quantitative estimate of drug-likeness (QED) is 0.773. The highest BCUT2D eigenvalue weighted by molar-refractivity contribution is 7.11. The molecule has 2 rings (SSSR count). The Bertz CT molecular complexity index is 599. The number of hydrogen-bond acceptors (Lipinski definition) is 6. The molecule has 0 unspecified atom stereocenters. The summed E-state index contributed by atoms with van der Waals surface area (Å²) in [6, 6.07) is -0.424. The van der Waals surface area contributed by atoms with Gasteiger partial charge in [-0.2, -0.15) is 0 Å². The molecule has 2 heterocycles. The lowest BCUT2D eigenvalue weighted by molar-refractivity contribution is -0.140. The van der Waals surface area contributed by atoms with Gasteiger partial charge in [0, 0.05) is 17.5 Å². The summed E-state index contributed by atoms with van der Waals surface area (Å²) < 4.78 is 23.8. The number of likely N-dealkylation sites (tertiary alicyclic amines) is 1. The van der Waals surface area contributed by atoms with Crippen LogP contribution in [0.3, 0.4) is 0 Å². The number of carbonyl (C=O) groups excluding carboxylic acids is 2. The van der Waals surface area contributed by atoms with Crippen molar-refractivity contribution in [2.45, 2.75) is 57.8 Å². The Balaban J connectivity index is 2.07. The van der Waals surface area contributed by atoms with Crippen LogP contribution >= 0.6 is 11.3 Å². The lowest BCUT2D eigenvalue weighted by atomic mass is 10.2. The van der Waals surface area contributed by atoms with Crippen LogP contribution in [0.15, 0.2) is 6.20 Å². The SMILES string of the molecule is COC(=O)CCc1cnc([C@@H]2C[C@H](F)CN2C(=O)OC(C)(C)C)s1. The molecule has 6 nitrogen and oxygen atoms in total. The van der Waals surface area contributed by atoms with E-state index in [0.717, 1.165) is 4.88 Å². The Labute approximate surface area is 145 Å². The van der Waals surface area contributed by atoms with E-state index in [-0.39, 0.29) is 25.4 Å². The fraction of sp³-hybridized carbons (Fsp3) is 0.688. The molecule has 0 aromatic carbocycles. The lowest BCUT2D eigenvalue weighted by Crippen LogP contribution is -2.36. The third-order valence-electron chi connectivity index (χ3n) is 3.54. The maximum Gasteiger partial charge on any atom is 0.410 e. The van der Waals surface area contributed by atoms with Crippen LogP contribution < -0.4 is 0 Å². The summed E-state index contributed by atoms with van der Waals surface area (Å²) in [5.41, 5.74) is -0.634. The second-order valence-electron chi connectivity index (χ2n) is 6.72. The maximum absolute atomic E-state index is 13.9. The van der Waals surface area contributed by atoms with Crippen LogP contribution in [0.5, 0.6) is 0 Å². The first kappa shape index (κ1) is 18.6. The van der Waals surface area contributed by atoms with Gasteiger partial charge in [0.05, 0.1) is 26.1 Å². The van der Waals surface area contributed by atoms with Crippen molar-refractivity contribution in [3.05, 3.63) is 16.1 Å². The normalized spacial score (nSPS) is 21.0. The van der Waals surface area contributed by atoms with Crippen molar-refractivity contribution in [1.29, 1.82) is 0 Å². The van der Waals surface area contributed by atoms with E-state index in [2.05, 4.69) is 9.72 Å². The Morgan fingerprint density at radius 2 is 2.17 bits per heavy atom. The van der Waals surface area contributed by atoms with E-state index < -0.39 is 23.9 Å². The smallest absolute Gasteiger partial charge is 0.410 e. The number of methoxy groups -OCH3 is 1. The van der Waals surface area contributed by atoms with E-state index in [4.69, 9.17) is 4.74 Å². The lowest BCUT2D eigenvalue weighted by Gasteiger charge is -2.27. The average molecular weight is 358 g/mol. The number of esters is 1. The summed E-state index contributed by atoms with van der Waals surface area (Å²) in [6.07, 6.45) is 1.04. The summed E-state index contributed by atoms with van der Waals surface area (Å²) in [7, 11) is 1.35. The molecule has 0 radical (unpaired) electrons. The monoisotopic (exact) mass is 358 g/mol. The van der Waals surface area contributed by atoms with Crippen LogP contribution in [0, 0.1) is 0 Å². The van der Waals surface area contributed by atoms with Gasteiger partial charge in [0.2, 0.25) is 0 Å². The number of rotatable bonds is 4. The molecular formula is C16H23FN2O4S. The van der Waals surface area contributed by atoms with Crippen molar-refractivity contribution in [3.63, 3.8) is 0 Å².